The molecule has 1 aliphatic rings. The van der Waals surface area contributed by atoms with Crippen molar-refractivity contribution in [1.82, 2.24) is 4.90 Å². The Morgan fingerprint density at radius 2 is 1.82 bits per heavy atom. The Kier molecular flexibility index (Phi) is 4.89. The van der Waals surface area contributed by atoms with Gasteiger partial charge in [-0.05, 0) is 12.8 Å². The molecule has 6 nitrogen and oxygen atoms in total. The van der Waals surface area contributed by atoms with E-state index in [1.165, 1.54) is 4.90 Å². The maximum atomic E-state index is 12.3. The highest BCUT2D eigenvalue weighted by atomic mass is 16.5. The van der Waals surface area contributed by atoms with Crippen molar-refractivity contribution in [3.8, 4) is 12.1 Å². The molecule has 1 fully saturated rings. The molecule has 0 aromatic carbocycles. The lowest BCUT2D eigenvalue weighted by Crippen LogP contribution is -2.51. The largest absolute Gasteiger partial charge is 0.381 e. The summed E-state index contributed by atoms with van der Waals surface area (Å²) in [5.41, 5.74) is 5.04. The van der Waals surface area contributed by atoms with Gasteiger partial charge in [0.05, 0.1) is 17.6 Å². The van der Waals surface area contributed by atoms with Gasteiger partial charge in [0.1, 0.15) is 13.1 Å². The molecule has 0 aromatic rings. The van der Waals surface area contributed by atoms with Gasteiger partial charge in [0, 0.05) is 19.8 Å². The normalized spacial score (nSPS) is 17.8. The molecule has 0 bridgehead atoms. The molecule has 1 rings (SSSR count). The molecule has 1 aliphatic heterocycles. The summed E-state index contributed by atoms with van der Waals surface area (Å²) >= 11 is 0. The van der Waals surface area contributed by atoms with Gasteiger partial charge in [-0.1, -0.05) is 0 Å². The summed E-state index contributed by atoms with van der Waals surface area (Å²) in [6.07, 6.45) is 1.10. The highest BCUT2D eigenvalue weighted by molar-refractivity contribution is 5.83. The second-order valence-electron chi connectivity index (χ2n) is 4.07. The molecule has 1 heterocycles. The number of hydrogen-bond acceptors (Lipinski definition) is 5. The topological polar surface area (TPSA) is 103 Å². The van der Waals surface area contributed by atoms with Crippen LogP contribution in [0, 0.1) is 28.1 Å². The van der Waals surface area contributed by atoms with Crippen LogP contribution in [0.1, 0.15) is 12.8 Å². The molecule has 0 unspecified atom stereocenters. The zero-order valence-electron chi connectivity index (χ0n) is 9.69. The van der Waals surface area contributed by atoms with Gasteiger partial charge in [0.15, 0.2) is 0 Å². The summed E-state index contributed by atoms with van der Waals surface area (Å²) < 4.78 is 5.22. The Balaban J connectivity index is 2.83. The molecule has 2 N–H and O–H groups in total. The highest BCUT2D eigenvalue weighted by Gasteiger charge is 2.41. The summed E-state index contributed by atoms with van der Waals surface area (Å²) in [6, 6.07) is 3.79. The van der Waals surface area contributed by atoms with Crippen LogP contribution in [0.3, 0.4) is 0 Å². The molecular formula is C11H16N4O2. The van der Waals surface area contributed by atoms with Gasteiger partial charge in [-0.2, -0.15) is 10.5 Å². The van der Waals surface area contributed by atoms with E-state index in [1.807, 2.05) is 12.1 Å². The van der Waals surface area contributed by atoms with Crippen molar-refractivity contribution in [3.05, 3.63) is 0 Å². The summed E-state index contributed by atoms with van der Waals surface area (Å²) in [7, 11) is 0. The second-order valence-corrected chi connectivity index (χ2v) is 4.07. The van der Waals surface area contributed by atoms with E-state index < -0.39 is 5.41 Å². The quantitative estimate of drug-likeness (QED) is 0.670. The molecule has 6 heteroatoms. The lowest BCUT2D eigenvalue weighted by atomic mass is 9.79. The van der Waals surface area contributed by atoms with Crippen LogP contribution in [0.25, 0.3) is 0 Å². The van der Waals surface area contributed by atoms with Gasteiger partial charge < -0.3 is 15.4 Å². The Morgan fingerprint density at radius 1 is 1.29 bits per heavy atom. The molecule has 0 atom stereocenters. The zero-order valence-corrected chi connectivity index (χ0v) is 9.69. The number of carbonyl (C=O) groups excluding carboxylic acids is 1. The maximum Gasteiger partial charge on any atom is 0.231 e. The molecule has 0 saturated carbocycles. The third kappa shape index (κ3) is 2.94. The van der Waals surface area contributed by atoms with Crippen molar-refractivity contribution in [2.45, 2.75) is 12.8 Å². The van der Waals surface area contributed by atoms with Crippen LogP contribution in [0.2, 0.25) is 0 Å². The number of ether oxygens (including phenoxy) is 1. The molecular weight excluding hydrogens is 220 g/mol. The number of rotatable bonds is 4. The van der Waals surface area contributed by atoms with E-state index >= 15 is 0 Å². The van der Waals surface area contributed by atoms with E-state index in [2.05, 4.69) is 0 Å². The molecule has 1 amide bonds. The van der Waals surface area contributed by atoms with E-state index in [4.69, 9.17) is 21.0 Å². The van der Waals surface area contributed by atoms with Crippen molar-refractivity contribution in [2.75, 3.05) is 32.8 Å². The minimum atomic E-state index is -0.661. The first-order valence-electron chi connectivity index (χ1n) is 5.51. The van der Waals surface area contributed by atoms with E-state index in [0.717, 1.165) is 0 Å². The molecule has 0 spiro atoms. The van der Waals surface area contributed by atoms with E-state index in [9.17, 15) is 4.79 Å². The Morgan fingerprint density at radius 3 is 2.24 bits per heavy atom. The third-order valence-corrected chi connectivity index (χ3v) is 3.10. The fourth-order valence-electron chi connectivity index (χ4n) is 1.97. The number of nitrogens with zero attached hydrogens (tertiary/aromatic N) is 3. The van der Waals surface area contributed by atoms with E-state index in [1.54, 1.807) is 0 Å². The average molecular weight is 236 g/mol. The summed E-state index contributed by atoms with van der Waals surface area (Å²) in [6.45, 7) is 1.07. The first kappa shape index (κ1) is 13.4. The fraction of sp³-hybridized carbons (Fsp3) is 0.727. The first-order valence-corrected chi connectivity index (χ1v) is 5.51. The fourth-order valence-corrected chi connectivity index (χ4v) is 1.97. The Bertz CT molecular complexity index is 333. The SMILES string of the molecule is N#CCN(CC#N)C(=O)C1(CN)CCOCC1. The monoisotopic (exact) mass is 236 g/mol. The Hall–Kier alpha value is -1.63. The number of nitriles is 2. The second kappa shape index (κ2) is 6.19. The van der Waals surface area contributed by atoms with Crippen molar-refractivity contribution < 1.29 is 9.53 Å². The predicted molar refractivity (Wildman–Crippen MR) is 59.3 cm³/mol. The molecule has 92 valence electrons. The molecule has 1 saturated heterocycles. The summed E-state index contributed by atoms with van der Waals surface area (Å²) in [5, 5.41) is 17.3. The third-order valence-electron chi connectivity index (χ3n) is 3.10. The molecule has 0 aromatic heterocycles. The lowest BCUT2D eigenvalue weighted by molar-refractivity contribution is -0.145. The average Bonchev–Trinajstić information content (AvgIpc) is 2.38. The number of hydrogen-bond donors (Lipinski definition) is 1. The van der Waals surface area contributed by atoms with Gasteiger partial charge in [0.25, 0.3) is 0 Å². The standard InChI is InChI=1S/C11H16N4O2/c12-3-5-15(6-4-13)10(16)11(9-14)1-7-17-8-2-11/h1-2,5-9,14H2. The van der Waals surface area contributed by atoms with Crippen molar-refractivity contribution in [3.63, 3.8) is 0 Å². The van der Waals surface area contributed by atoms with E-state index in [-0.39, 0.29) is 25.5 Å². The lowest BCUT2D eigenvalue weighted by Gasteiger charge is -2.37. The van der Waals surface area contributed by atoms with Crippen LogP contribution < -0.4 is 5.73 Å². The van der Waals surface area contributed by atoms with Crippen LogP contribution >= 0.6 is 0 Å². The van der Waals surface area contributed by atoms with Crippen molar-refractivity contribution in [1.29, 1.82) is 10.5 Å². The summed E-state index contributed by atoms with van der Waals surface area (Å²) in [4.78, 5) is 13.6. The summed E-state index contributed by atoms with van der Waals surface area (Å²) in [5.74, 6) is -0.202. The van der Waals surface area contributed by atoms with Gasteiger partial charge in [0.2, 0.25) is 5.91 Å². The van der Waals surface area contributed by atoms with Gasteiger partial charge >= 0.3 is 0 Å². The minimum Gasteiger partial charge on any atom is -0.381 e. The number of amides is 1. The predicted octanol–water partition coefficient (Wildman–Crippen LogP) is -0.382. The van der Waals surface area contributed by atoms with Crippen molar-refractivity contribution in [2.24, 2.45) is 11.1 Å². The number of carbonyl (C=O) groups is 1. The van der Waals surface area contributed by atoms with Crippen LogP contribution in [-0.2, 0) is 9.53 Å². The van der Waals surface area contributed by atoms with Gasteiger partial charge in [-0.25, -0.2) is 0 Å². The smallest absolute Gasteiger partial charge is 0.231 e. The minimum absolute atomic E-state index is 0.0744. The number of nitrogens with two attached hydrogens (primary N) is 1. The molecule has 0 radical (unpaired) electrons. The maximum absolute atomic E-state index is 12.3. The Labute approximate surface area is 101 Å². The van der Waals surface area contributed by atoms with Crippen LogP contribution in [0.5, 0.6) is 0 Å². The van der Waals surface area contributed by atoms with E-state index in [0.29, 0.717) is 26.1 Å². The molecule has 0 aliphatic carbocycles. The van der Waals surface area contributed by atoms with Crippen LogP contribution in [-0.4, -0.2) is 43.7 Å². The van der Waals surface area contributed by atoms with Crippen LogP contribution in [0.15, 0.2) is 0 Å². The zero-order chi connectivity index (χ0) is 12.7. The van der Waals surface area contributed by atoms with Crippen LogP contribution in [0.4, 0.5) is 0 Å². The highest BCUT2D eigenvalue weighted by Crippen LogP contribution is 2.31. The van der Waals surface area contributed by atoms with Gasteiger partial charge in [-0.3, -0.25) is 4.79 Å². The van der Waals surface area contributed by atoms with Gasteiger partial charge in [-0.15, -0.1) is 0 Å². The first-order chi connectivity index (χ1) is 8.20. The molecule has 17 heavy (non-hydrogen) atoms. The van der Waals surface area contributed by atoms with Crippen molar-refractivity contribution >= 4 is 5.91 Å².